The Kier molecular flexibility index (Phi) is 3.24. The van der Waals surface area contributed by atoms with Crippen molar-refractivity contribution in [2.75, 3.05) is 13.1 Å². The molecule has 0 bridgehead atoms. The zero-order valence-electron chi connectivity index (χ0n) is 11.9. The summed E-state index contributed by atoms with van der Waals surface area (Å²) < 4.78 is 15.7. The number of rotatable bonds is 3. The zero-order valence-corrected chi connectivity index (χ0v) is 11.9. The molecule has 1 aromatic carbocycles. The molecule has 0 spiro atoms. The standard InChI is InChI=1S/C16H19FN2O/c1-3-4-9-19-10-8-12-11-6-5-7-13(17)14(11)18(2)15(12)16(19)20/h5-7H,3-4,8-10H2,1-2H3. The predicted molar refractivity (Wildman–Crippen MR) is 77.4 cm³/mol. The number of aromatic nitrogens is 1. The zero-order chi connectivity index (χ0) is 14.3. The third-order valence-electron chi connectivity index (χ3n) is 4.17. The summed E-state index contributed by atoms with van der Waals surface area (Å²) in [6, 6.07) is 5.07. The number of nitrogens with zero attached hydrogens (tertiary/aromatic N) is 2. The molecule has 4 heteroatoms. The Morgan fingerprint density at radius 3 is 2.90 bits per heavy atom. The van der Waals surface area contributed by atoms with Gasteiger partial charge in [-0.15, -0.1) is 0 Å². The highest BCUT2D eigenvalue weighted by Gasteiger charge is 2.30. The van der Waals surface area contributed by atoms with E-state index < -0.39 is 0 Å². The van der Waals surface area contributed by atoms with Gasteiger partial charge in [-0.2, -0.15) is 0 Å². The molecule has 3 nitrogen and oxygen atoms in total. The topological polar surface area (TPSA) is 25.2 Å². The second kappa shape index (κ2) is 4.93. The Morgan fingerprint density at radius 1 is 1.35 bits per heavy atom. The molecule has 0 unspecified atom stereocenters. The lowest BCUT2D eigenvalue weighted by Gasteiger charge is -2.27. The van der Waals surface area contributed by atoms with E-state index in [1.54, 1.807) is 17.7 Å². The summed E-state index contributed by atoms with van der Waals surface area (Å²) in [6.07, 6.45) is 2.89. The lowest BCUT2D eigenvalue weighted by atomic mass is 10.0. The first kappa shape index (κ1) is 13.2. The number of carbonyl (C=O) groups is 1. The van der Waals surface area contributed by atoms with Gasteiger partial charge in [-0.1, -0.05) is 25.5 Å². The van der Waals surface area contributed by atoms with Crippen molar-refractivity contribution in [3.63, 3.8) is 0 Å². The number of benzene rings is 1. The van der Waals surface area contributed by atoms with Crippen LogP contribution in [0.3, 0.4) is 0 Å². The molecule has 1 amide bonds. The van der Waals surface area contributed by atoms with Crippen LogP contribution in [0.4, 0.5) is 4.39 Å². The molecule has 0 saturated carbocycles. The molecule has 0 saturated heterocycles. The van der Waals surface area contributed by atoms with Crippen molar-refractivity contribution in [2.45, 2.75) is 26.2 Å². The average molecular weight is 274 g/mol. The van der Waals surface area contributed by atoms with Crippen LogP contribution >= 0.6 is 0 Å². The SMILES string of the molecule is CCCCN1CCc2c(n(C)c3c(F)cccc23)C1=O. The molecule has 0 fully saturated rings. The van der Waals surface area contributed by atoms with Gasteiger partial charge < -0.3 is 9.47 Å². The smallest absolute Gasteiger partial charge is 0.270 e. The fourth-order valence-corrected chi connectivity index (χ4v) is 3.13. The Labute approximate surface area is 118 Å². The molecule has 0 atom stereocenters. The third kappa shape index (κ3) is 1.82. The summed E-state index contributed by atoms with van der Waals surface area (Å²) in [5.74, 6) is -0.217. The van der Waals surface area contributed by atoms with Crippen LogP contribution in [0.1, 0.15) is 35.8 Å². The van der Waals surface area contributed by atoms with Crippen LogP contribution in [0.25, 0.3) is 10.9 Å². The minimum Gasteiger partial charge on any atom is -0.337 e. The van der Waals surface area contributed by atoms with Crippen LogP contribution in [-0.2, 0) is 13.5 Å². The maximum absolute atomic E-state index is 14.0. The van der Waals surface area contributed by atoms with Gasteiger partial charge >= 0.3 is 0 Å². The van der Waals surface area contributed by atoms with Crippen molar-refractivity contribution < 1.29 is 9.18 Å². The molecular weight excluding hydrogens is 255 g/mol. The van der Waals surface area contributed by atoms with Gasteiger partial charge in [0.25, 0.3) is 5.91 Å². The molecule has 3 rings (SSSR count). The van der Waals surface area contributed by atoms with Crippen molar-refractivity contribution in [3.05, 3.63) is 35.3 Å². The van der Waals surface area contributed by atoms with Gasteiger partial charge in [-0.05, 0) is 24.5 Å². The molecule has 2 heterocycles. The number of hydrogen-bond donors (Lipinski definition) is 0. The first-order chi connectivity index (χ1) is 9.65. The fourth-order valence-electron chi connectivity index (χ4n) is 3.13. The molecule has 1 aromatic heterocycles. The Bertz CT molecular complexity index is 675. The van der Waals surface area contributed by atoms with E-state index in [2.05, 4.69) is 6.92 Å². The van der Waals surface area contributed by atoms with Gasteiger partial charge in [0, 0.05) is 25.5 Å². The predicted octanol–water partition coefficient (Wildman–Crippen LogP) is 3.12. The number of carbonyl (C=O) groups excluding carboxylic acids is 1. The van der Waals surface area contributed by atoms with E-state index in [-0.39, 0.29) is 11.7 Å². The Morgan fingerprint density at radius 2 is 2.15 bits per heavy atom. The van der Waals surface area contributed by atoms with E-state index in [0.29, 0.717) is 11.2 Å². The van der Waals surface area contributed by atoms with Crippen molar-refractivity contribution in [1.29, 1.82) is 0 Å². The summed E-state index contributed by atoms with van der Waals surface area (Å²) in [5, 5.41) is 0.881. The van der Waals surface area contributed by atoms with E-state index in [1.165, 1.54) is 6.07 Å². The van der Waals surface area contributed by atoms with Crippen molar-refractivity contribution in [2.24, 2.45) is 7.05 Å². The van der Waals surface area contributed by atoms with Gasteiger partial charge in [-0.3, -0.25) is 4.79 Å². The summed E-state index contributed by atoms with van der Waals surface area (Å²) in [7, 11) is 1.78. The molecular formula is C16H19FN2O. The number of halogens is 1. The van der Waals surface area contributed by atoms with Crippen LogP contribution in [0.2, 0.25) is 0 Å². The summed E-state index contributed by atoms with van der Waals surface area (Å²) in [6.45, 7) is 3.65. The lowest BCUT2D eigenvalue weighted by molar-refractivity contribution is 0.0728. The van der Waals surface area contributed by atoms with Gasteiger partial charge in [0.2, 0.25) is 0 Å². The Balaban J connectivity index is 2.11. The summed E-state index contributed by atoms with van der Waals surface area (Å²) >= 11 is 0. The normalized spacial score (nSPS) is 14.9. The van der Waals surface area contributed by atoms with Crippen LogP contribution in [0.5, 0.6) is 0 Å². The number of fused-ring (bicyclic) bond motifs is 3. The highest BCUT2D eigenvalue weighted by molar-refractivity contribution is 6.03. The Hall–Kier alpha value is -1.84. The van der Waals surface area contributed by atoms with Gasteiger partial charge in [0.15, 0.2) is 0 Å². The van der Waals surface area contributed by atoms with E-state index in [0.717, 1.165) is 43.3 Å². The van der Waals surface area contributed by atoms with Crippen LogP contribution in [-0.4, -0.2) is 28.5 Å². The summed E-state index contributed by atoms with van der Waals surface area (Å²) in [5.41, 5.74) is 2.20. The van der Waals surface area contributed by atoms with E-state index in [4.69, 9.17) is 0 Å². The average Bonchev–Trinajstić information content (AvgIpc) is 2.73. The molecule has 1 aliphatic rings. The number of hydrogen-bond acceptors (Lipinski definition) is 1. The van der Waals surface area contributed by atoms with Crippen LogP contribution in [0, 0.1) is 5.82 Å². The maximum atomic E-state index is 14.0. The number of unbranched alkanes of at least 4 members (excludes halogenated alkanes) is 1. The largest absolute Gasteiger partial charge is 0.337 e. The van der Waals surface area contributed by atoms with Gasteiger partial charge in [0.05, 0.1) is 5.52 Å². The molecule has 2 aromatic rings. The highest BCUT2D eigenvalue weighted by atomic mass is 19.1. The third-order valence-corrected chi connectivity index (χ3v) is 4.17. The van der Waals surface area contributed by atoms with Crippen molar-refractivity contribution in [3.8, 4) is 0 Å². The van der Waals surface area contributed by atoms with Gasteiger partial charge in [-0.25, -0.2) is 4.39 Å². The number of amides is 1. The summed E-state index contributed by atoms with van der Waals surface area (Å²) in [4.78, 5) is 14.5. The van der Waals surface area contributed by atoms with Crippen LogP contribution in [0.15, 0.2) is 18.2 Å². The van der Waals surface area contributed by atoms with E-state index in [1.807, 2.05) is 11.0 Å². The quantitative estimate of drug-likeness (QED) is 0.844. The first-order valence-electron chi connectivity index (χ1n) is 7.20. The second-order valence-corrected chi connectivity index (χ2v) is 5.42. The highest BCUT2D eigenvalue weighted by Crippen LogP contribution is 2.31. The minimum absolute atomic E-state index is 0.0396. The second-order valence-electron chi connectivity index (χ2n) is 5.42. The fraction of sp³-hybridized carbons (Fsp3) is 0.438. The number of para-hydroxylation sites is 1. The molecule has 106 valence electrons. The first-order valence-corrected chi connectivity index (χ1v) is 7.20. The molecule has 0 radical (unpaired) electrons. The van der Waals surface area contributed by atoms with Gasteiger partial charge in [0.1, 0.15) is 11.5 Å². The lowest BCUT2D eigenvalue weighted by Crippen LogP contribution is -2.39. The monoisotopic (exact) mass is 274 g/mol. The molecule has 20 heavy (non-hydrogen) atoms. The molecule has 0 aliphatic carbocycles. The molecule has 0 N–H and O–H groups in total. The molecule has 1 aliphatic heterocycles. The minimum atomic E-state index is -0.257. The maximum Gasteiger partial charge on any atom is 0.270 e. The van der Waals surface area contributed by atoms with E-state index >= 15 is 0 Å². The van der Waals surface area contributed by atoms with Crippen molar-refractivity contribution >= 4 is 16.8 Å². The van der Waals surface area contributed by atoms with E-state index in [9.17, 15) is 9.18 Å². The number of aryl methyl sites for hydroxylation is 1. The van der Waals surface area contributed by atoms with Crippen LogP contribution < -0.4 is 0 Å². The van der Waals surface area contributed by atoms with Crippen molar-refractivity contribution in [1.82, 2.24) is 9.47 Å².